The molecule has 1 N–H and O–H groups in total. The molecule has 2 aromatic carbocycles. The Morgan fingerprint density at radius 2 is 1.90 bits per heavy atom. The van der Waals surface area contributed by atoms with E-state index in [9.17, 15) is 19.1 Å². The van der Waals surface area contributed by atoms with Gasteiger partial charge in [-0.2, -0.15) is 0 Å². The number of halogens is 3. The Labute approximate surface area is 195 Å². The Balaban J connectivity index is 1.62. The van der Waals surface area contributed by atoms with Crippen molar-refractivity contribution in [3.8, 4) is 11.3 Å². The number of hydrogen-bond donors (Lipinski definition) is 1. The second-order valence-electron chi connectivity index (χ2n) is 6.32. The highest BCUT2D eigenvalue weighted by Crippen LogP contribution is 2.37. The minimum atomic E-state index is -1.15. The predicted molar refractivity (Wildman–Crippen MR) is 123 cm³/mol. The summed E-state index contributed by atoms with van der Waals surface area (Å²) >= 11 is 18.1. The normalized spacial score (nSPS) is 15.2. The van der Waals surface area contributed by atoms with Crippen LogP contribution in [0.25, 0.3) is 17.4 Å². The molecule has 1 aliphatic heterocycles. The second kappa shape index (κ2) is 8.47. The van der Waals surface area contributed by atoms with Gasteiger partial charge in [0.1, 0.15) is 17.3 Å². The maximum Gasteiger partial charge on any atom is 0.337 e. The number of amides is 1. The zero-order valence-electron chi connectivity index (χ0n) is 15.3. The van der Waals surface area contributed by atoms with E-state index in [1.165, 1.54) is 35.2 Å². The average molecular weight is 494 g/mol. The maximum atomic E-state index is 13.4. The van der Waals surface area contributed by atoms with Crippen molar-refractivity contribution in [3.63, 3.8) is 0 Å². The van der Waals surface area contributed by atoms with Crippen LogP contribution in [0.4, 0.5) is 10.1 Å². The number of hydrogen-bond acceptors (Lipinski definition) is 5. The SMILES string of the molecule is O=C(O)c1cc(-c2ccc(/C=C3/SC(=S)N(c4ccc(F)c(Cl)c4)C3=O)o2)ccc1Cl. The molecule has 1 amide bonds. The molecular formula is C21H10Cl2FNO4S2. The molecule has 0 radical (unpaired) electrons. The van der Waals surface area contributed by atoms with Crippen LogP contribution in [0.1, 0.15) is 16.1 Å². The fourth-order valence-corrected chi connectivity index (χ4v) is 4.52. The van der Waals surface area contributed by atoms with Gasteiger partial charge in [0.25, 0.3) is 5.91 Å². The van der Waals surface area contributed by atoms with Crippen molar-refractivity contribution in [1.29, 1.82) is 0 Å². The molecule has 0 bridgehead atoms. The number of carboxylic acid groups (broad SMARTS) is 1. The molecule has 0 unspecified atom stereocenters. The lowest BCUT2D eigenvalue weighted by molar-refractivity contribution is -0.113. The standard InChI is InChI=1S/C21H10Cl2FNO4S2/c22-14-4-1-10(7-13(14)20(27)28)17-6-3-12(29-17)9-18-19(26)25(21(30)31-18)11-2-5-16(24)15(23)8-11/h1-9H,(H,27,28)/b18-9+. The third kappa shape index (κ3) is 4.24. The number of aromatic carboxylic acids is 1. The molecule has 0 spiro atoms. The quantitative estimate of drug-likeness (QED) is 0.330. The summed E-state index contributed by atoms with van der Waals surface area (Å²) in [6.07, 6.45) is 1.53. The lowest BCUT2D eigenvalue weighted by Crippen LogP contribution is -2.27. The number of thioether (sulfide) groups is 1. The van der Waals surface area contributed by atoms with E-state index in [1.54, 1.807) is 18.2 Å². The van der Waals surface area contributed by atoms with Crippen LogP contribution in [-0.2, 0) is 4.79 Å². The maximum absolute atomic E-state index is 13.4. The van der Waals surface area contributed by atoms with Crippen LogP contribution in [0.5, 0.6) is 0 Å². The number of furan rings is 1. The van der Waals surface area contributed by atoms with Crippen molar-refractivity contribution in [2.45, 2.75) is 0 Å². The van der Waals surface area contributed by atoms with Crippen LogP contribution >= 0.6 is 47.2 Å². The Kier molecular flexibility index (Phi) is 5.90. The summed E-state index contributed by atoms with van der Waals surface area (Å²) in [7, 11) is 0. The van der Waals surface area contributed by atoms with Gasteiger partial charge in [-0.25, -0.2) is 9.18 Å². The first-order valence-electron chi connectivity index (χ1n) is 8.60. The van der Waals surface area contributed by atoms with Crippen LogP contribution < -0.4 is 4.90 Å². The van der Waals surface area contributed by atoms with Gasteiger partial charge in [0, 0.05) is 11.6 Å². The van der Waals surface area contributed by atoms with Gasteiger partial charge < -0.3 is 9.52 Å². The monoisotopic (exact) mass is 493 g/mol. The van der Waals surface area contributed by atoms with E-state index in [2.05, 4.69) is 0 Å². The van der Waals surface area contributed by atoms with Gasteiger partial charge in [-0.1, -0.05) is 47.2 Å². The van der Waals surface area contributed by atoms with E-state index >= 15 is 0 Å². The molecule has 31 heavy (non-hydrogen) atoms. The molecule has 0 atom stereocenters. The summed E-state index contributed by atoms with van der Waals surface area (Å²) in [4.78, 5) is 25.7. The van der Waals surface area contributed by atoms with Crippen molar-refractivity contribution in [2.24, 2.45) is 0 Å². The molecule has 1 fully saturated rings. The van der Waals surface area contributed by atoms with Gasteiger partial charge in [0.05, 0.1) is 26.2 Å². The van der Waals surface area contributed by atoms with Gasteiger partial charge in [0.15, 0.2) is 4.32 Å². The molecule has 1 aromatic heterocycles. The minimum absolute atomic E-state index is 0.0454. The van der Waals surface area contributed by atoms with E-state index in [1.807, 2.05) is 0 Å². The first-order valence-corrected chi connectivity index (χ1v) is 10.6. The zero-order valence-corrected chi connectivity index (χ0v) is 18.4. The molecule has 1 saturated heterocycles. The number of carboxylic acids is 1. The highest BCUT2D eigenvalue weighted by atomic mass is 35.5. The van der Waals surface area contributed by atoms with E-state index < -0.39 is 17.7 Å². The minimum Gasteiger partial charge on any atom is -0.478 e. The lowest BCUT2D eigenvalue weighted by Gasteiger charge is -2.14. The molecule has 2 heterocycles. The highest BCUT2D eigenvalue weighted by Gasteiger charge is 2.34. The summed E-state index contributed by atoms with van der Waals surface area (Å²) in [6.45, 7) is 0. The Morgan fingerprint density at radius 1 is 1.13 bits per heavy atom. The number of rotatable bonds is 4. The smallest absolute Gasteiger partial charge is 0.337 e. The number of nitrogens with zero attached hydrogens (tertiary/aromatic N) is 1. The second-order valence-corrected chi connectivity index (χ2v) is 8.81. The van der Waals surface area contributed by atoms with E-state index in [0.29, 0.717) is 27.7 Å². The first kappa shape index (κ1) is 21.6. The van der Waals surface area contributed by atoms with Crippen molar-refractivity contribution < 1.29 is 23.5 Å². The van der Waals surface area contributed by atoms with E-state index in [-0.39, 0.29) is 19.9 Å². The molecule has 0 saturated carbocycles. The Bertz CT molecular complexity index is 1290. The molecular weight excluding hydrogens is 484 g/mol. The fourth-order valence-electron chi connectivity index (χ4n) is 2.87. The van der Waals surface area contributed by atoms with Gasteiger partial charge in [-0.15, -0.1) is 0 Å². The molecule has 1 aliphatic rings. The van der Waals surface area contributed by atoms with Gasteiger partial charge in [-0.05, 0) is 48.5 Å². The van der Waals surface area contributed by atoms with Gasteiger partial charge >= 0.3 is 5.97 Å². The first-order chi connectivity index (χ1) is 14.7. The third-order valence-electron chi connectivity index (χ3n) is 4.34. The fraction of sp³-hybridized carbons (Fsp3) is 0. The topological polar surface area (TPSA) is 70.8 Å². The van der Waals surface area contributed by atoms with Crippen molar-refractivity contribution >= 4 is 75.1 Å². The van der Waals surface area contributed by atoms with Crippen molar-refractivity contribution in [1.82, 2.24) is 0 Å². The van der Waals surface area contributed by atoms with Crippen molar-refractivity contribution in [3.05, 3.63) is 80.6 Å². The molecule has 4 rings (SSSR count). The largest absolute Gasteiger partial charge is 0.478 e. The lowest BCUT2D eigenvalue weighted by atomic mass is 10.1. The van der Waals surface area contributed by atoms with Crippen LogP contribution in [0, 0.1) is 5.82 Å². The number of anilines is 1. The van der Waals surface area contributed by atoms with Crippen LogP contribution in [0.15, 0.2) is 57.9 Å². The van der Waals surface area contributed by atoms with E-state index in [4.69, 9.17) is 39.8 Å². The predicted octanol–water partition coefficient (Wildman–Crippen LogP) is 6.50. The van der Waals surface area contributed by atoms with Crippen LogP contribution in [0.2, 0.25) is 10.0 Å². The highest BCUT2D eigenvalue weighted by molar-refractivity contribution is 8.27. The third-order valence-corrected chi connectivity index (χ3v) is 6.26. The summed E-state index contributed by atoms with van der Waals surface area (Å²) in [5, 5.41) is 9.23. The molecule has 3 aromatic rings. The van der Waals surface area contributed by atoms with Gasteiger partial charge in [-0.3, -0.25) is 9.69 Å². The van der Waals surface area contributed by atoms with E-state index in [0.717, 1.165) is 17.8 Å². The van der Waals surface area contributed by atoms with Crippen LogP contribution in [-0.4, -0.2) is 21.3 Å². The number of carbonyl (C=O) groups excluding carboxylic acids is 1. The zero-order chi connectivity index (χ0) is 22.3. The molecule has 10 heteroatoms. The Hall–Kier alpha value is -2.65. The molecule has 5 nitrogen and oxygen atoms in total. The summed E-state index contributed by atoms with van der Waals surface area (Å²) in [5.74, 6) is -1.35. The molecule has 156 valence electrons. The number of carbonyl (C=O) groups is 2. The molecule has 0 aliphatic carbocycles. The van der Waals surface area contributed by atoms with Crippen molar-refractivity contribution in [2.75, 3.05) is 4.90 Å². The average Bonchev–Trinajstić information content (AvgIpc) is 3.29. The number of thiocarbonyl (C=S) groups is 1. The summed E-state index contributed by atoms with van der Waals surface area (Å²) in [6, 6.07) is 11.7. The summed E-state index contributed by atoms with van der Waals surface area (Å²) < 4.78 is 19.5. The van der Waals surface area contributed by atoms with Gasteiger partial charge in [0.2, 0.25) is 0 Å². The number of benzene rings is 2. The Morgan fingerprint density at radius 3 is 2.61 bits per heavy atom. The van der Waals surface area contributed by atoms with Crippen LogP contribution in [0.3, 0.4) is 0 Å². The summed E-state index contributed by atoms with van der Waals surface area (Å²) in [5.41, 5.74) is 0.839.